The maximum atomic E-state index is 9.52. The van der Waals surface area contributed by atoms with Crippen molar-refractivity contribution in [3.05, 3.63) is 29.8 Å². The number of nitrogens with two attached hydrogens (primary N) is 1. The minimum Gasteiger partial charge on any atom is -0.390 e. The number of hydrogen-bond acceptors (Lipinski definition) is 4. The van der Waals surface area contributed by atoms with Gasteiger partial charge in [0.2, 0.25) is 0 Å². The lowest BCUT2D eigenvalue weighted by Crippen LogP contribution is -2.42. The minimum absolute atomic E-state index is 0.205. The first kappa shape index (κ1) is 18.2. The Hall–Kier alpha value is -1.10. The molecule has 0 radical (unpaired) electrons. The van der Waals surface area contributed by atoms with Crippen molar-refractivity contribution in [2.24, 2.45) is 5.73 Å². The highest BCUT2D eigenvalue weighted by molar-refractivity contribution is 5.46. The molecule has 130 valence electrons. The van der Waals surface area contributed by atoms with Crippen molar-refractivity contribution in [3.8, 4) is 0 Å². The van der Waals surface area contributed by atoms with E-state index in [-0.39, 0.29) is 5.41 Å². The van der Waals surface area contributed by atoms with Crippen molar-refractivity contribution in [2.75, 3.05) is 18.4 Å². The quantitative estimate of drug-likeness (QED) is 0.650. The van der Waals surface area contributed by atoms with Crippen molar-refractivity contribution in [2.45, 2.75) is 70.1 Å². The number of hydrogen-bond donors (Lipinski definition) is 4. The molecule has 1 aromatic rings. The first-order chi connectivity index (χ1) is 10.9. The second-order valence-corrected chi connectivity index (χ2v) is 7.82. The van der Waals surface area contributed by atoms with E-state index >= 15 is 0 Å². The average Bonchev–Trinajstić information content (AvgIpc) is 2.53. The van der Waals surface area contributed by atoms with Gasteiger partial charge in [-0.15, -0.1) is 0 Å². The Labute approximate surface area is 140 Å². The summed E-state index contributed by atoms with van der Waals surface area (Å²) in [5, 5.41) is 16.6. The third kappa shape index (κ3) is 5.79. The number of benzene rings is 1. The fraction of sp³-hybridized carbons (Fsp3) is 0.684. The fourth-order valence-corrected chi connectivity index (χ4v) is 3.13. The fourth-order valence-electron chi connectivity index (χ4n) is 3.13. The molecular weight excluding hydrogens is 286 g/mol. The van der Waals surface area contributed by atoms with E-state index in [9.17, 15) is 5.11 Å². The van der Waals surface area contributed by atoms with Gasteiger partial charge in [0, 0.05) is 30.9 Å². The van der Waals surface area contributed by atoms with Gasteiger partial charge in [-0.2, -0.15) is 0 Å². The molecule has 0 aliphatic heterocycles. The summed E-state index contributed by atoms with van der Waals surface area (Å²) in [7, 11) is 0. The molecule has 1 aliphatic rings. The molecule has 0 aromatic heterocycles. The zero-order valence-corrected chi connectivity index (χ0v) is 14.8. The van der Waals surface area contributed by atoms with Crippen molar-refractivity contribution < 1.29 is 5.11 Å². The van der Waals surface area contributed by atoms with Crippen LogP contribution in [-0.4, -0.2) is 36.4 Å². The van der Waals surface area contributed by atoms with Crippen LogP contribution in [0.4, 0.5) is 5.69 Å². The van der Waals surface area contributed by atoms with Crippen LogP contribution in [-0.2, 0) is 5.41 Å². The van der Waals surface area contributed by atoms with E-state index in [4.69, 9.17) is 5.73 Å². The van der Waals surface area contributed by atoms with Gasteiger partial charge in [0.1, 0.15) is 0 Å². The number of aliphatic hydroxyl groups excluding tert-OH is 1. The van der Waals surface area contributed by atoms with Crippen LogP contribution in [0.2, 0.25) is 0 Å². The Morgan fingerprint density at radius 3 is 2.17 bits per heavy atom. The number of aliphatic hydroxyl groups is 1. The smallest absolute Gasteiger partial charge is 0.0786 e. The van der Waals surface area contributed by atoms with Crippen LogP contribution < -0.4 is 16.4 Å². The largest absolute Gasteiger partial charge is 0.390 e. The number of nitrogens with one attached hydrogen (secondary N) is 2. The van der Waals surface area contributed by atoms with Crippen LogP contribution in [0.3, 0.4) is 0 Å². The van der Waals surface area contributed by atoms with Gasteiger partial charge in [0.25, 0.3) is 0 Å². The van der Waals surface area contributed by atoms with E-state index in [1.807, 2.05) is 0 Å². The molecule has 0 saturated heterocycles. The number of rotatable bonds is 6. The lowest BCUT2D eigenvalue weighted by Gasteiger charge is -2.31. The SMILES string of the molecule is CC(C)(C)c1ccc(NC2CCC(NCC(O)CN)CC2)cc1. The summed E-state index contributed by atoms with van der Waals surface area (Å²) in [6.07, 6.45) is 4.20. The van der Waals surface area contributed by atoms with Crippen LogP contribution in [0.25, 0.3) is 0 Å². The van der Waals surface area contributed by atoms with E-state index in [0.29, 0.717) is 25.2 Å². The Kier molecular flexibility index (Phi) is 6.45. The van der Waals surface area contributed by atoms with Gasteiger partial charge in [0.05, 0.1) is 6.10 Å². The highest BCUT2D eigenvalue weighted by Crippen LogP contribution is 2.26. The van der Waals surface area contributed by atoms with Crippen molar-refractivity contribution in [1.29, 1.82) is 0 Å². The average molecular weight is 319 g/mol. The van der Waals surface area contributed by atoms with Crippen molar-refractivity contribution >= 4 is 5.69 Å². The van der Waals surface area contributed by atoms with Gasteiger partial charge in [-0.1, -0.05) is 32.9 Å². The molecule has 2 rings (SSSR count). The van der Waals surface area contributed by atoms with Crippen LogP contribution >= 0.6 is 0 Å². The minimum atomic E-state index is -0.424. The molecular formula is C19H33N3O. The summed E-state index contributed by atoms with van der Waals surface area (Å²) in [5.41, 5.74) is 8.22. The Balaban J connectivity index is 1.76. The lowest BCUT2D eigenvalue weighted by molar-refractivity contribution is 0.170. The van der Waals surface area contributed by atoms with Crippen LogP contribution in [0, 0.1) is 0 Å². The van der Waals surface area contributed by atoms with E-state index < -0.39 is 6.10 Å². The standard InChI is InChI=1S/C19H33N3O/c1-19(2,3)14-4-6-16(7-5-14)22-17-10-8-15(9-11-17)21-13-18(23)12-20/h4-7,15,17-18,21-23H,8-13,20H2,1-3H3. The normalized spacial score (nSPS) is 23.5. The topological polar surface area (TPSA) is 70.3 Å². The van der Waals surface area contributed by atoms with Crippen LogP contribution in [0.15, 0.2) is 24.3 Å². The summed E-state index contributed by atoms with van der Waals surface area (Å²) in [4.78, 5) is 0. The molecule has 1 atom stereocenters. The van der Waals surface area contributed by atoms with Crippen LogP contribution in [0.5, 0.6) is 0 Å². The maximum Gasteiger partial charge on any atom is 0.0786 e. The predicted octanol–water partition coefficient (Wildman–Crippen LogP) is 2.62. The molecule has 0 spiro atoms. The summed E-state index contributed by atoms with van der Waals surface area (Å²) >= 11 is 0. The molecule has 1 aliphatic carbocycles. The molecule has 23 heavy (non-hydrogen) atoms. The third-order valence-electron chi connectivity index (χ3n) is 4.76. The molecule has 0 heterocycles. The second kappa shape index (κ2) is 8.13. The monoisotopic (exact) mass is 319 g/mol. The highest BCUT2D eigenvalue weighted by Gasteiger charge is 2.21. The molecule has 1 saturated carbocycles. The highest BCUT2D eigenvalue weighted by atomic mass is 16.3. The summed E-state index contributed by atoms with van der Waals surface area (Å²) < 4.78 is 0. The first-order valence-electron chi connectivity index (χ1n) is 8.87. The van der Waals surface area contributed by atoms with Crippen molar-refractivity contribution in [1.82, 2.24) is 5.32 Å². The first-order valence-corrected chi connectivity index (χ1v) is 8.87. The molecule has 0 bridgehead atoms. The Morgan fingerprint density at radius 2 is 1.65 bits per heavy atom. The second-order valence-electron chi connectivity index (χ2n) is 7.82. The van der Waals surface area contributed by atoms with Crippen LogP contribution in [0.1, 0.15) is 52.0 Å². The molecule has 4 heteroatoms. The maximum absolute atomic E-state index is 9.52. The van der Waals surface area contributed by atoms with Gasteiger partial charge in [-0.3, -0.25) is 0 Å². The number of anilines is 1. The van der Waals surface area contributed by atoms with Crippen molar-refractivity contribution in [3.63, 3.8) is 0 Å². The van der Waals surface area contributed by atoms with Gasteiger partial charge in [-0.05, 0) is 48.8 Å². The molecule has 5 N–H and O–H groups in total. The zero-order chi connectivity index (χ0) is 16.9. The van der Waals surface area contributed by atoms with Gasteiger partial charge < -0.3 is 21.5 Å². The third-order valence-corrected chi connectivity index (χ3v) is 4.76. The lowest BCUT2D eigenvalue weighted by atomic mass is 9.87. The van der Waals surface area contributed by atoms with E-state index in [1.54, 1.807) is 0 Å². The molecule has 0 amide bonds. The summed E-state index contributed by atoms with van der Waals surface area (Å²) in [6, 6.07) is 9.91. The Morgan fingerprint density at radius 1 is 1.09 bits per heavy atom. The van der Waals surface area contributed by atoms with E-state index in [0.717, 1.165) is 25.7 Å². The predicted molar refractivity (Wildman–Crippen MR) is 97.9 cm³/mol. The molecule has 1 aromatic carbocycles. The Bertz CT molecular complexity index is 458. The molecule has 1 unspecified atom stereocenters. The molecule has 1 fully saturated rings. The van der Waals surface area contributed by atoms with E-state index in [2.05, 4.69) is 55.7 Å². The molecule has 4 nitrogen and oxygen atoms in total. The summed E-state index contributed by atoms with van der Waals surface area (Å²) in [5.74, 6) is 0. The zero-order valence-electron chi connectivity index (χ0n) is 14.8. The van der Waals surface area contributed by atoms with Gasteiger partial charge in [-0.25, -0.2) is 0 Å². The summed E-state index contributed by atoms with van der Waals surface area (Å²) in [6.45, 7) is 7.66. The van der Waals surface area contributed by atoms with Gasteiger partial charge >= 0.3 is 0 Å². The van der Waals surface area contributed by atoms with Gasteiger partial charge in [0.15, 0.2) is 0 Å². The van der Waals surface area contributed by atoms with E-state index in [1.165, 1.54) is 11.3 Å².